The SMILES string of the molecule is CC1=CC(C)(C)N(C)c2ccc(/C=N/NC(=O)C(O)(c3ccccc3)c3ccccc3)cc21. The minimum atomic E-state index is -1.86. The summed E-state index contributed by atoms with van der Waals surface area (Å²) in [5.41, 5.74) is 5.93. The highest BCUT2D eigenvalue weighted by Crippen LogP contribution is 2.38. The number of allylic oxidation sites excluding steroid dienone is 1. The summed E-state index contributed by atoms with van der Waals surface area (Å²) in [7, 11) is 2.09. The third-order valence-corrected chi connectivity index (χ3v) is 6.33. The molecule has 0 radical (unpaired) electrons. The van der Waals surface area contributed by atoms with Crippen LogP contribution in [0.15, 0.2) is 90.0 Å². The van der Waals surface area contributed by atoms with Gasteiger partial charge in [-0.3, -0.25) is 4.79 Å². The number of hydrazone groups is 1. The lowest BCUT2D eigenvalue weighted by Crippen LogP contribution is -2.43. The highest BCUT2D eigenvalue weighted by Gasteiger charge is 2.39. The van der Waals surface area contributed by atoms with E-state index in [4.69, 9.17) is 0 Å². The fourth-order valence-electron chi connectivity index (χ4n) is 4.29. The summed E-state index contributed by atoms with van der Waals surface area (Å²) in [6.07, 6.45) is 3.85. The number of amides is 1. The highest BCUT2D eigenvalue weighted by atomic mass is 16.3. The number of likely N-dealkylation sites (N-methyl/N-ethyl adjacent to an activating group) is 1. The van der Waals surface area contributed by atoms with Gasteiger partial charge in [-0.15, -0.1) is 0 Å². The minimum Gasteiger partial charge on any atom is -0.372 e. The molecular weight excluding hydrogens is 410 g/mol. The number of hydrogen-bond donors (Lipinski definition) is 2. The maximum absolute atomic E-state index is 13.2. The van der Waals surface area contributed by atoms with Crippen LogP contribution in [0.3, 0.4) is 0 Å². The molecule has 3 aromatic carbocycles. The van der Waals surface area contributed by atoms with Crippen molar-refractivity contribution in [2.24, 2.45) is 5.10 Å². The molecule has 33 heavy (non-hydrogen) atoms. The van der Waals surface area contributed by atoms with Crippen molar-refractivity contribution in [3.8, 4) is 0 Å². The number of hydrogen-bond acceptors (Lipinski definition) is 4. The van der Waals surface area contributed by atoms with Gasteiger partial charge < -0.3 is 10.0 Å². The van der Waals surface area contributed by atoms with Crippen LogP contribution in [0.4, 0.5) is 5.69 Å². The smallest absolute Gasteiger partial charge is 0.281 e. The van der Waals surface area contributed by atoms with E-state index in [0.29, 0.717) is 11.1 Å². The van der Waals surface area contributed by atoms with Gasteiger partial charge in [0.05, 0.1) is 11.8 Å². The number of rotatable bonds is 5. The molecule has 0 aromatic heterocycles. The predicted molar refractivity (Wildman–Crippen MR) is 134 cm³/mol. The monoisotopic (exact) mass is 439 g/mol. The molecule has 0 unspecified atom stereocenters. The molecule has 0 saturated carbocycles. The molecule has 5 nitrogen and oxygen atoms in total. The van der Waals surface area contributed by atoms with Gasteiger partial charge in [-0.25, -0.2) is 5.43 Å². The molecule has 1 aliphatic heterocycles. The molecule has 0 fully saturated rings. The molecular formula is C28H29N3O2. The van der Waals surface area contributed by atoms with Gasteiger partial charge in [-0.05, 0) is 55.2 Å². The first-order chi connectivity index (χ1) is 15.7. The third kappa shape index (κ3) is 4.20. The summed E-state index contributed by atoms with van der Waals surface area (Å²) in [6, 6.07) is 23.9. The van der Waals surface area contributed by atoms with Crippen LogP contribution < -0.4 is 10.3 Å². The molecule has 2 N–H and O–H groups in total. The molecule has 1 heterocycles. The van der Waals surface area contributed by atoms with E-state index in [2.05, 4.69) is 61.5 Å². The van der Waals surface area contributed by atoms with E-state index < -0.39 is 11.5 Å². The maximum atomic E-state index is 13.2. The Labute approximate surface area is 195 Å². The summed E-state index contributed by atoms with van der Waals surface area (Å²) < 4.78 is 0. The molecule has 0 saturated heterocycles. The van der Waals surface area contributed by atoms with Crippen molar-refractivity contribution in [3.63, 3.8) is 0 Å². The first kappa shape index (κ1) is 22.5. The van der Waals surface area contributed by atoms with Gasteiger partial charge in [-0.1, -0.05) is 72.8 Å². The Morgan fingerprint density at radius 3 is 2.15 bits per heavy atom. The molecule has 3 aromatic rings. The number of fused-ring (bicyclic) bond motifs is 1. The molecule has 4 rings (SSSR count). The lowest BCUT2D eigenvalue weighted by Gasteiger charge is -2.40. The Morgan fingerprint density at radius 2 is 1.58 bits per heavy atom. The van der Waals surface area contributed by atoms with E-state index >= 15 is 0 Å². The second-order valence-corrected chi connectivity index (χ2v) is 8.96. The first-order valence-corrected chi connectivity index (χ1v) is 11.0. The van der Waals surface area contributed by atoms with E-state index in [9.17, 15) is 9.90 Å². The number of benzene rings is 3. The molecule has 0 aliphatic carbocycles. The standard InChI is InChI=1S/C28H29N3O2/c1-20-18-27(2,3)31(4)25-16-15-21(17-24(20)25)19-29-30-26(32)28(33,22-11-7-5-8-12-22)23-13-9-6-10-14-23/h5-19,33H,1-4H3,(H,30,32)/b29-19+. The number of carbonyl (C=O) groups excluding carboxylic acids is 1. The normalized spacial score (nSPS) is 15.2. The van der Waals surface area contributed by atoms with Crippen molar-refractivity contribution < 1.29 is 9.90 Å². The predicted octanol–water partition coefficient (Wildman–Crippen LogP) is 4.70. The third-order valence-electron chi connectivity index (χ3n) is 6.33. The molecule has 0 bridgehead atoms. The van der Waals surface area contributed by atoms with E-state index in [1.54, 1.807) is 54.7 Å². The second kappa shape index (κ2) is 8.68. The van der Waals surface area contributed by atoms with E-state index in [1.807, 2.05) is 18.2 Å². The minimum absolute atomic E-state index is 0.0556. The summed E-state index contributed by atoms with van der Waals surface area (Å²) in [6.45, 7) is 6.48. The molecule has 1 amide bonds. The van der Waals surface area contributed by atoms with Crippen molar-refractivity contribution in [1.82, 2.24) is 5.43 Å². The van der Waals surface area contributed by atoms with E-state index in [-0.39, 0.29) is 5.54 Å². The van der Waals surface area contributed by atoms with Crippen LogP contribution >= 0.6 is 0 Å². The number of nitrogens with one attached hydrogen (secondary N) is 1. The lowest BCUT2D eigenvalue weighted by molar-refractivity contribution is -0.136. The van der Waals surface area contributed by atoms with Gasteiger partial charge in [-0.2, -0.15) is 5.10 Å². The van der Waals surface area contributed by atoms with Crippen molar-refractivity contribution in [2.75, 3.05) is 11.9 Å². The zero-order valence-corrected chi connectivity index (χ0v) is 19.4. The Hall–Kier alpha value is -3.70. The van der Waals surface area contributed by atoms with Crippen LogP contribution in [0.25, 0.3) is 5.57 Å². The average Bonchev–Trinajstić information content (AvgIpc) is 2.83. The Balaban J connectivity index is 1.59. The van der Waals surface area contributed by atoms with E-state index in [1.165, 1.54) is 5.57 Å². The molecule has 5 heteroatoms. The quantitative estimate of drug-likeness (QED) is 0.447. The van der Waals surface area contributed by atoms with Crippen molar-refractivity contribution >= 4 is 23.4 Å². The zero-order chi connectivity index (χ0) is 23.6. The van der Waals surface area contributed by atoms with Gasteiger partial charge in [0.2, 0.25) is 0 Å². The first-order valence-electron chi connectivity index (χ1n) is 11.0. The summed E-state index contributed by atoms with van der Waals surface area (Å²) >= 11 is 0. The van der Waals surface area contributed by atoms with Gasteiger partial charge in [0.1, 0.15) is 0 Å². The van der Waals surface area contributed by atoms with Crippen LogP contribution in [0, 0.1) is 0 Å². The molecule has 1 aliphatic rings. The van der Waals surface area contributed by atoms with Gasteiger partial charge in [0.15, 0.2) is 5.60 Å². The molecule has 168 valence electrons. The molecule has 0 spiro atoms. The topological polar surface area (TPSA) is 64.9 Å². The fraction of sp³-hybridized carbons (Fsp3) is 0.214. The Kier molecular flexibility index (Phi) is 5.91. The molecule has 0 atom stereocenters. The summed E-state index contributed by atoms with van der Waals surface area (Å²) in [4.78, 5) is 15.4. The number of anilines is 1. The van der Waals surface area contributed by atoms with E-state index in [0.717, 1.165) is 16.8 Å². The van der Waals surface area contributed by atoms with Gasteiger partial charge in [0, 0.05) is 18.3 Å². The zero-order valence-electron chi connectivity index (χ0n) is 19.4. The number of nitrogens with zero attached hydrogens (tertiary/aromatic N) is 2. The second-order valence-electron chi connectivity index (χ2n) is 8.96. The van der Waals surface area contributed by atoms with Crippen molar-refractivity contribution in [3.05, 3.63) is 107 Å². The summed E-state index contributed by atoms with van der Waals surface area (Å²) in [5, 5.41) is 15.7. The van der Waals surface area contributed by atoms with Crippen LogP contribution in [-0.4, -0.2) is 29.8 Å². The van der Waals surface area contributed by atoms with Gasteiger partial charge in [0.25, 0.3) is 5.91 Å². The van der Waals surface area contributed by atoms with Crippen LogP contribution in [0.2, 0.25) is 0 Å². The Morgan fingerprint density at radius 1 is 1.00 bits per heavy atom. The van der Waals surface area contributed by atoms with Crippen molar-refractivity contribution in [1.29, 1.82) is 0 Å². The average molecular weight is 440 g/mol. The maximum Gasteiger partial charge on any atom is 0.281 e. The lowest BCUT2D eigenvalue weighted by atomic mass is 9.85. The van der Waals surface area contributed by atoms with Crippen LogP contribution in [0.5, 0.6) is 0 Å². The highest BCUT2D eigenvalue weighted by molar-refractivity contribution is 5.92. The van der Waals surface area contributed by atoms with Crippen LogP contribution in [-0.2, 0) is 10.4 Å². The van der Waals surface area contributed by atoms with Gasteiger partial charge >= 0.3 is 0 Å². The largest absolute Gasteiger partial charge is 0.372 e. The Bertz CT molecular complexity index is 1170. The number of carbonyl (C=O) groups is 1. The van der Waals surface area contributed by atoms with Crippen molar-refractivity contribution in [2.45, 2.75) is 31.9 Å². The van der Waals surface area contributed by atoms with Crippen LogP contribution in [0.1, 0.15) is 43.0 Å². The summed E-state index contributed by atoms with van der Waals surface area (Å²) in [5.74, 6) is -0.619. The fourth-order valence-corrected chi connectivity index (χ4v) is 4.29. The number of aliphatic hydroxyl groups is 1.